The quantitative estimate of drug-likeness (QED) is 0.837. The van der Waals surface area contributed by atoms with Crippen molar-refractivity contribution in [2.45, 2.75) is 19.8 Å². The third kappa shape index (κ3) is 2.52. The number of rotatable bonds is 3. The molecule has 0 aliphatic carbocycles. The van der Waals surface area contributed by atoms with Gasteiger partial charge >= 0.3 is 0 Å². The molecule has 2 aromatic rings. The molecule has 0 amide bonds. The first-order valence-electron chi connectivity index (χ1n) is 5.81. The highest BCUT2D eigenvalue weighted by Crippen LogP contribution is 2.28. The Morgan fingerprint density at radius 2 is 1.94 bits per heavy atom. The van der Waals surface area contributed by atoms with Gasteiger partial charge in [0.15, 0.2) is 5.13 Å². The number of aromatic nitrogens is 1. The van der Waals surface area contributed by atoms with Crippen LogP contribution in [0.3, 0.4) is 0 Å². The van der Waals surface area contributed by atoms with E-state index in [0.29, 0.717) is 10.8 Å². The van der Waals surface area contributed by atoms with Crippen LogP contribution in [0.4, 0.5) is 10.8 Å². The lowest BCUT2D eigenvalue weighted by Gasteiger charge is -2.16. The van der Waals surface area contributed by atoms with E-state index in [1.165, 1.54) is 16.9 Å². The monoisotopic (exact) mass is 257 g/mol. The molecular weight excluding hydrogens is 242 g/mol. The van der Waals surface area contributed by atoms with Crippen LogP contribution < -0.4 is 4.90 Å². The van der Waals surface area contributed by atoms with Gasteiger partial charge in [-0.25, -0.2) is 4.98 Å². The number of anilines is 2. The van der Waals surface area contributed by atoms with Gasteiger partial charge in [-0.15, -0.1) is 0 Å². The second kappa shape index (κ2) is 5.19. The molecule has 4 heteroatoms. The van der Waals surface area contributed by atoms with Gasteiger partial charge in [0, 0.05) is 12.7 Å². The molecule has 1 heterocycles. The molecule has 3 nitrogen and oxygen atoms in total. The Morgan fingerprint density at radius 3 is 2.44 bits per heavy atom. The van der Waals surface area contributed by atoms with Gasteiger partial charge in [0.2, 0.25) is 0 Å². The van der Waals surface area contributed by atoms with Crippen molar-refractivity contribution in [2.24, 2.45) is 0 Å². The van der Waals surface area contributed by atoms with Gasteiger partial charge in [0.25, 0.3) is 0 Å². The molecule has 0 saturated carbocycles. The average molecular weight is 257 g/mol. The molecular formula is C14H15N3S. The van der Waals surface area contributed by atoms with Crippen molar-refractivity contribution in [1.82, 2.24) is 4.98 Å². The Bertz CT molecular complexity index is 563. The number of thiazole rings is 1. The van der Waals surface area contributed by atoms with Crippen LogP contribution in [0.25, 0.3) is 0 Å². The van der Waals surface area contributed by atoms with Crippen LogP contribution in [-0.4, -0.2) is 12.0 Å². The highest BCUT2D eigenvalue weighted by molar-refractivity contribution is 7.16. The molecule has 0 radical (unpaired) electrons. The van der Waals surface area contributed by atoms with E-state index in [2.05, 4.69) is 49.2 Å². The van der Waals surface area contributed by atoms with Crippen molar-refractivity contribution in [1.29, 1.82) is 5.26 Å². The number of hydrogen-bond acceptors (Lipinski definition) is 4. The lowest BCUT2D eigenvalue weighted by Crippen LogP contribution is -2.08. The van der Waals surface area contributed by atoms with Crippen LogP contribution in [0.1, 0.15) is 30.2 Å². The van der Waals surface area contributed by atoms with E-state index < -0.39 is 0 Å². The molecule has 0 saturated heterocycles. The summed E-state index contributed by atoms with van der Waals surface area (Å²) in [6, 6.07) is 10.5. The molecule has 92 valence electrons. The summed E-state index contributed by atoms with van der Waals surface area (Å²) in [6.07, 6.45) is 1.61. The predicted octanol–water partition coefficient (Wildman–Crippen LogP) is 3.91. The van der Waals surface area contributed by atoms with Crippen LogP contribution in [-0.2, 0) is 0 Å². The van der Waals surface area contributed by atoms with E-state index in [4.69, 9.17) is 5.26 Å². The van der Waals surface area contributed by atoms with Crippen molar-refractivity contribution in [3.63, 3.8) is 0 Å². The molecule has 18 heavy (non-hydrogen) atoms. The van der Waals surface area contributed by atoms with Crippen molar-refractivity contribution in [2.75, 3.05) is 11.9 Å². The lowest BCUT2D eigenvalue weighted by atomic mass is 10.0. The zero-order valence-corrected chi connectivity index (χ0v) is 11.5. The minimum Gasteiger partial charge on any atom is -0.321 e. The molecule has 0 N–H and O–H groups in total. The molecule has 0 atom stereocenters. The van der Waals surface area contributed by atoms with Gasteiger partial charge in [0.05, 0.1) is 6.20 Å². The molecule has 0 spiro atoms. The summed E-state index contributed by atoms with van der Waals surface area (Å²) in [6.45, 7) is 4.36. The first-order chi connectivity index (χ1) is 8.61. The summed E-state index contributed by atoms with van der Waals surface area (Å²) in [5.74, 6) is 0.536. The van der Waals surface area contributed by atoms with Gasteiger partial charge in [-0.2, -0.15) is 5.26 Å². The van der Waals surface area contributed by atoms with Crippen molar-refractivity contribution in [3.8, 4) is 6.07 Å². The number of hydrogen-bond donors (Lipinski definition) is 0. The maximum Gasteiger partial charge on any atom is 0.190 e. The largest absolute Gasteiger partial charge is 0.321 e. The van der Waals surface area contributed by atoms with Gasteiger partial charge in [-0.05, 0) is 23.6 Å². The maximum atomic E-state index is 8.80. The molecule has 0 aliphatic rings. The van der Waals surface area contributed by atoms with Gasteiger partial charge in [-0.3, -0.25) is 0 Å². The van der Waals surface area contributed by atoms with E-state index >= 15 is 0 Å². The second-order valence-electron chi connectivity index (χ2n) is 4.42. The zero-order valence-electron chi connectivity index (χ0n) is 10.7. The van der Waals surface area contributed by atoms with E-state index in [0.717, 1.165) is 10.8 Å². The van der Waals surface area contributed by atoms with Crippen LogP contribution >= 0.6 is 11.3 Å². The Kier molecular flexibility index (Phi) is 3.63. The summed E-state index contributed by atoms with van der Waals surface area (Å²) < 4.78 is 0. The van der Waals surface area contributed by atoms with Crippen LogP contribution in [0.5, 0.6) is 0 Å². The van der Waals surface area contributed by atoms with Crippen LogP contribution in [0.2, 0.25) is 0 Å². The van der Waals surface area contributed by atoms with Gasteiger partial charge in [-0.1, -0.05) is 37.3 Å². The Labute approximate surface area is 111 Å². The first kappa shape index (κ1) is 12.6. The Morgan fingerprint density at radius 1 is 1.28 bits per heavy atom. The predicted molar refractivity (Wildman–Crippen MR) is 75.4 cm³/mol. The maximum absolute atomic E-state index is 8.80. The smallest absolute Gasteiger partial charge is 0.190 e. The molecule has 0 unspecified atom stereocenters. The third-order valence-corrected chi connectivity index (χ3v) is 3.82. The molecule has 1 aromatic heterocycles. The Balaban J connectivity index is 2.23. The van der Waals surface area contributed by atoms with Crippen molar-refractivity contribution in [3.05, 3.63) is 40.9 Å². The fourth-order valence-corrected chi connectivity index (χ4v) is 2.36. The van der Waals surface area contributed by atoms with Crippen LogP contribution in [0.15, 0.2) is 30.5 Å². The van der Waals surface area contributed by atoms with Gasteiger partial charge < -0.3 is 4.90 Å². The standard InChI is InChI=1S/C14H15N3S/c1-10(2)11-4-6-12(7-5-11)17(3)14-16-9-13(8-15)18-14/h4-7,9-10H,1-3H3. The summed E-state index contributed by atoms with van der Waals surface area (Å²) in [4.78, 5) is 6.87. The molecule has 0 fully saturated rings. The fourth-order valence-electron chi connectivity index (χ4n) is 1.66. The lowest BCUT2D eigenvalue weighted by molar-refractivity contribution is 0.866. The topological polar surface area (TPSA) is 39.9 Å². The summed E-state index contributed by atoms with van der Waals surface area (Å²) in [7, 11) is 1.96. The highest BCUT2D eigenvalue weighted by Gasteiger charge is 2.09. The van der Waals surface area contributed by atoms with Gasteiger partial charge in [0.1, 0.15) is 10.9 Å². The van der Waals surface area contributed by atoms with Crippen molar-refractivity contribution < 1.29 is 0 Å². The average Bonchev–Trinajstić information content (AvgIpc) is 2.86. The van der Waals surface area contributed by atoms with E-state index in [-0.39, 0.29) is 0 Å². The number of benzene rings is 1. The van der Waals surface area contributed by atoms with Crippen LogP contribution in [0, 0.1) is 11.3 Å². The summed E-state index contributed by atoms with van der Waals surface area (Å²) >= 11 is 1.40. The Hall–Kier alpha value is -1.86. The molecule has 0 aliphatic heterocycles. The molecule has 0 bridgehead atoms. The minimum absolute atomic E-state index is 0.536. The zero-order chi connectivity index (χ0) is 13.1. The van der Waals surface area contributed by atoms with Crippen molar-refractivity contribution >= 4 is 22.2 Å². The third-order valence-electron chi connectivity index (χ3n) is 2.84. The van der Waals surface area contributed by atoms with E-state index in [9.17, 15) is 0 Å². The van der Waals surface area contributed by atoms with E-state index in [1.807, 2.05) is 11.9 Å². The first-order valence-corrected chi connectivity index (χ1v) is 6.63. The minimum atomic E-state index is 0.536. The number of nitrogens with zero attached hydrogens (tertiary/aromatic N) is 3. The van der Waals surface area contributed by atoms with E-state index in [1.54, 1.807) is 6.20 Å². The normalized spacial score (nSPS) is 10.4. The molecule has 2 rings (SSSR count). The number of nitriles is 1. The highest BCUT2D eigenvalue weighted by atomic mass is 32.1. The summed E-state index contributed by atoms with van der Waals surface area (Å²) in [5, 5.41) is 9.64. The summed E-state index contributed by atoms with van der Waals surface area (Å²) in [5.41, 5.74) is 2.40. The fraction of sp³-hybridized carbons (Fsp3) is 0.286. The second-order valence-corrected chi connectivity index (χ2v) is 5.43. The molecule has 1 aromatic carbocycles. The SMILES string of the molecule is CC(C)c1ccc(N(C)c2ncc(C#N)s2)cc1.